The number of cyclic esters (lactones) is 2. The Labute approximate surface area is 138 Å². The first-order chi connectivity index (χ1) is 11.5. The number of benzene rings is 2. The van der Waals surface area contributed by atoms with Crippen LogP contribution in [0.1, 0.15) is 41.5 Å². The molecule has 0 unspecified atom stereocenters. The van der Waals surface area contributed by atoms with E-state index in [2.05, 4.69) is 0 Å². The Kier molecular flexibility index (Phi) is 3.97. The predicted molar refractivity (Wildman–Crippen MR) is 88.6 cm³/mol. The fourth-order valence-corrected chi connectivity index (χ4v) is 3.09. The third-order valence-corrected chi connectivity index (χ3v) is 4.06. The van der Waals surface area contributed by atoms with Gasteiger partial charge in [0.15, 0.2) is 5.75 Å². The normalized spacial score (nSPS) is 13.0. The lowest BCUT2D eigenvalue weighted by atomic mass is 9.96. The third kappa shape index (κ3) is 2.31. The lowest BCUT2D eigenvalue weighted by molar-refractivity contribution is -0.131. The maximum absolute atomic E-state index is 12.3. The summed E-state index contributed by atoms with van der Waals surface area (Å²) in [4.78, 5) is 38.0. The zero-order chi connectivity index (χ0) is 17.4. The Bertz CT molecular complexity index is 867. The molecule has 0 radical (unpaired) electrons. The van der Waals surface area contributed by atoms with Crippen molar-refractivity contribution in [1.82, 2.24) is 0 Å². The predicted octanol–water partition coefficient (Wildman–Crippen LogP) is 2.92. The molecule has 0 saturated carbocycles. The van der Waals surface area contributed by atoms with Crippen molar-refractivity contribution in [3.05, 3.63) is 35.4 Å². The first-order valence-electron chi connectivity index (χ1n) is 7.78. The molecule has 2 aromatic rings. The van der Waals surface area contributed by atoms with Gasteiger partial charge in [-0.3, -0.25) is 4.79 Å². The van der Waals surface area contributed by atoms with E-state index < -0.39 is 17.9 Å². The Hall–Kier alpha value is -2.89. The molecule has 0 fully saturated rings. The van der Waals surface area contributed by atoms with Gasteiger partial charge in [0.2, 0.25) is 0 Å². The van der Waals surface area contributed by atoms with Gasteiger partial charge in [0.05, 0.1) is 5.69 Å². The van der Waals surface area contributed by atoms with Gasteiger partial charge in [-0.25, -0.2) is 9.59 Å². The summed E-state index contributed by atoms with van der Waals surface area (Å²) in [5.74, 6) is -1.98. The summed E-state index contributed by atoms with van der Waals surface area (Å²) in [6, 6.07) is 7.22. The first kappa shape index (κ1) is 16.0. The zero-order valence-corrected chi connectivity index (χ0v) is 13.7. The van der Waals surface area contributed by atoms with Crippen molar-refractivity contribution in [3.63, 3.8) is 0 Å². The minimum absolute atomic E-state index is 0.0239. The van der Waals surface area contributed by atoms with Crippen molar-refractivity contribution in [2.24, 2.45) is 0 Å². The largest absolute Gasteiger partial charge is 0.425 e. The number of anilines is 1. The van der Waals surface area contributed by atoms with Crippen LogP contribution >= 0.6 is 0 Å². The monoisotopic (exact) mass is 327 g/mol. The zero-order valence-electron chi connectivity index (χ0n) is 13.7. The summed E-state index contributed by atoms with van der Waals surface area (Å²) in [5.41, 5.74) is 0.826. The molecule has 1 aliphatic rings. The highest BCUT2D eigenvalue weighted by atomic mass is 16.6. The second-order valence-electron chi connectivity index (χ2n) is 5.42. The Morgan fingerprint density at radius 2 is 1.62 bits per heavy atom. The van der Waals surface area contributed by atoms with Gasteiger partial charge >= 0.3 is 17.9 Å². The lowest BCUT2D eigenvalue weighted by Gasteiger charge is -2.25. The number of carbonyl (C=O) groups excluding carboxylic acids is 3. The molecule has 2 aromatic carbocycles. The Morgan fingerprint density at radius 1 is 1.04 bits per heavy atom. The molecule has 0 atom stereocenters. The highest BCUT2D eigenvalue weighted by Crippen LogP contribution is 2.44. The molecule has 124 valence electrons. The fraction of sp³-hybridized carbons (Fsp3) is 0.278. The van der Waals surface area contributed by atoms with Crippen LogP contribution in [0.25, 0.3) is 10.8 Å². The van der Waals surface area contributed by atoms with E-state index >= 15 is 0 Å². The molecule has 1 heterocycles. The molecule has 6 nitrogen and oxygen atoms in total. The summed E-state index contributed by atoms with van der Waals surface area (Å²) in [6.45, 7) is 6.49. The minimum Gasteiger partial charge on any atom is -0.425 e. The maximum atomic E-state index is 12.3. The van der Waals surface area contributed by atoms with Crippen molar-refractivity contribution in [3.8, 4) is 5.75 Å². The van der Waals surface area contributed by atoms with Crippen LogP contribution in [0.5, 0.6) is 5.75 Å². The van der Waals surface area contributed by atoms with Gasteiger partial charge in [-0.1, -0.05) is 24.3 Å². The Balaban J connectivity index is 2.48. The molecule has 3 rings (SSSR count). The number of esters is 3. The highest BCUT2D eigenvalue weighted by molar-refractivity contribution is 6.24. The number of hydrogen-bond acceptors (Lipinski definition) is 6. The molecule has 0 bridgehead atoms. The molecule has 0 spiro atoms. The topological polar surface area (TPSA) is 72.9 Å². The lowest BCUT2D eigenvalue weighted by Crippen LogP contribution is -2.24. The number of carbonyl (C=O) groups is 3. The van der Waals surface area contributed by atoms with Crippen molar-refractivity contribution < 1.29 is 23.9 Å². The highest BCUT2D eigenvalue weighted by Gasteiger charge is 2.39. The van der Waals surface area contributed by atoms with E-state index in [1.54, 1.807) is 12.1 Å². The van der Waals surface area contributed by atoms with Crippen LogP contribution in [-0.4, -0.2) is 31.0 Å². The molecular weight excluding hydrogens is 310 g/mol. The van der Waals surface area contributed by atoms with E-state index in [0.717, 1.165) is 5.39 Å². The van der Waals surface area contributed by atoms with E-state index in [9.17, 15) is 14.4 Å². The summed E-state index contributed by atoms with van der Waals surface area (Å²) in [6.07, 6.45) is 0. The number of hydrogen-bond donors (Lipinski definition) is 0. The average Bonchev–Trinajstić information content (AvgIpc) is 2.85. The van der Waals surface area contributed by atoms with Crippen molar-refractivity contribution in [1.29, 1.82) is 0 Å². The van der Waals surface area contributed by atoms with Gasteiger partial charge in [0.1, 0.15) is 11.1 Å². The third-order valence-electron chi connectivity index (χ3n) is 4.06. The number of fused-ring (bicyclic) bond motifs is 2. The van der Waals surface area contributed by atoms with Crippen LogP contribution in [0, 0.1) is 0 Å². The summed E-state index contributed by atoms with van der Waals surface area (Å²) < 4.78 is 10.1. The number of nitrogens with zero attached hydrogens (tertiary/aromatic N) is 1. The van der Waals surface area contributed by atoms with E-state index in [1.807, 2.05) is 30.9 Å². The van der Waals surface area contributed by atoms with Crippen LogP contribution in [0.15, 0.2) is 24.3 Å². The molecule has 0 amide bonds. The maximum Gasteiger partial charge on any atom is 0.350 e. The molecular formula is C18H17NO5. The molecule has 0 aromatic heterocycles. The van der Waals surface area contributed by atoms with Gasteiger partial charge < -0.3 is 14.4 Å². The standard InChI is InChI=1S/C18H17NO5/c1-4-19(5-2)15-11-8-6-7-9-12(11)16(23-10(3)20)14-13(15)17(21)24-18(14)22/h6-9H,4-5H2,1-3H3. The summed E-state index contributed by atoms with van der Waals surface area (Å²) in [7, 11) is 0. The van der Waals surface area contributed by atoms with Gasteiger partial charge in [-0.2, -0.15) is 0 Å². The van der Waals surface area contributed by atoms with E-state index in [1.165, 1.54) is 6.92 Å². The second kappa shape index (κ2) is 5.96. The smallest absolute Gasteiger partial charge is 0.350 e. The summed E-state index contributed by atoms with van der Waals surface area (Å²) in [5, 5.41) is 1.34. The van der Waals surface area contributed by atoms with E-state index in [0.29, 0.717) is 24.2 Å². The first-order valence-corrected chi connectivity index (χ1v) is 7.78. The van der Waals surface area contributed by atoms with Gasteiger partial charge in [-0.05, 0) is 13.8 Å². The van der Waals surface area contributed by atoms with Crippen molar-refractivity contribution in [2.75, 3.05) is 18.0 Å². The molecule has 0 aliphatic carbocycles. The van der Waals surface area contributed by atoms with Gasteiger partial charge in [0, 0.05) is 30.8 Å². The SMILES string of the molecule is CCN(CC)c1c2c(c(OC(C)=O)c3ccccc13)C(=O)OC2=O. The molecule has 0 N–H and O–H groups in total. The minimum atomic E-state index is -0.787. The van der Waals surface area contributed by atoms with E-state index in [4.69, 9.17) is 9.47 Å². The van der Waals surface area contributed by atoms with Crippen LogP contribution < -0.4 is 9.64 Å². The number of rotatable bonds is 4. The van der Waals surface area contributed by atoms with Crippen LogP contribution in [0.3, 0.4) is 0 Å². The molecule has 24 heavy (non-hydrogen) atoms. The van der Waals surface area contributed by atoms with Crippen LogP contribution in [-0.2, 0) is 9.53 Å². The Morgan fingerprint density at radius 3 is 2.21 bits per heavy atom. The second-order valence-corrected chi connectivity index (χ2v) is 5.42. The van der Waals surface area contributed by atoms with Gasteiger partial charge in [0.25, 0.3) is 0 Å². The van der Waals surface area contributed by atoms with E-state index in [-0.39, 0.29) is 16.9 Å². The number of ether oxygens (including phenoxy) is 2. The molecule has 0 saturated heterocycles. The fourth-order valence-electron chi connectivity index (χ4n) is 3.09. The quantitative estimate of drug-likeness (QED) is 0.488. The van der Waals surface area contributed by atoms with Crippen molar-refractivity contribution in [2.45, 2.75) is 20.8 Å². The van der Waals surface area contributed by atoms with Crippen LogP contribution in [0.4, 0.5) is 5.69 Å². The van der Waals surface area contributed by atoms with Crippen LogP contribution in [0.2, 0.25) is 0 Å². The summed E-state index contributed by atoms with van der Waals surface area (Å²) >= 11 is 0. The van der Waals surface area contributed by atoms with Gasteiger partial charge in [-0.15, -0.1) is 0 Å². The average molecular weight is 327 g/mol. The molecule has 1 aliphatic heterocycles. The molecule has 6 heteroatoms. The van der Waals surface area contributed by atoms with Crippen molar-refractivity contribution >= 4 is 34.4 Å².